The summed E-state index contributed by atoms with van der Waals surface area (Å²) in [5.74, 6) is -3.41. The number of aldehydes is 1. The lowest BCUT2D eigenvalue weighted by Crippen LogP contribution is -2.56. The molecule has 168 valence electrons. The molecule has 3 amide bonds. The van der Waals surface area contributed by atoms with Gasteiger partial charge in [-0.15, -0.1) is 0 Å². The van der Waals surface area contributed by atoms with Crippen molar-refractivity contribution in [1.29, 1.82) is 0 Å². The van der Waals surface area contributed by atoms with Gasteiger partial charge < -0.3 is 31.6 Å². The first-order chi connectivity index (χ1) is 14.2. The molecule has 0 bridgehead atoms. The van der Waals surface area contributed by atoms with E-state index in [2.05, 4.69) is 28.6 Å². The molecule has 12 heteroatoms. The van der Waals surface area contributed by atoms with Crippen LogP contribution in [0.15, 0.2) is 0 Å². The second-order valence-electron chi connectivity index (χ2n) is 7.10. The fraction of sp³-hybridized carbons (Fsp3) is 0.667. The van der Waals surface area contributed by atoms with Crippen molar-refractivity contribution in [1.82, 2.24) is 16.0 Å². The van der Waals surface area contributed by atoms with Crippen LogP contribution in [0.3, 0.4) is 0 Å². The molecule has 0 radical (unpaired) electrons. The van der Waals surface area contributed by atoms with Crippen molar-refractivity contribution in [3.05, 3.63) is 0 Å². The third-order valence-electron chi connectivity index (χ3n) is 4.72. The van der Waals surface area contributed by atoms with Gasteiger partial charge in [-0.05, 0) is 12.8 Å². The molecule has 0 aromatic heterocycles. The standard InChI is InChI=1S/C18H28N4O7S/c19-12(7-20-15(25)5-4-14(24)10-2-1-3-10)17(28)22-13(6-16(26)27)18(29)21-11(8-23)9-30/h8,10-13,30H,1-7,9,19H2,(H,20,25)(H,21,29)(H,22,28)(H,26,27)/t11-,12+,13+/m1/s1. The lowest BCUT2D eigenvalue weighted by Gasteiger charge is -2.23. The second-order valence-corrected chi connectivity index (χ2v) is 7.46. The summed E-state index contributed by atoms with van der Waals surface area (Å²) in [5.41, 5.74) is 5.69. The largest absolute Gasteiger partial charge is 0.481 e. The number of nitrogens with two attached hydrogens (primary N) is 1. The lowest BCUT2D eigenvalue weighted by molar-refractivity contribution is -0.140. The Bertz CT molecular complexity index is 669. The molecule has 0 aromatic carbocycles. The van der Waals surface area contributed by atoms with Crippen LogP contribution in [0.1, 0.15) is 38.5 Å². The summed E-state index contributed by atoms with van der Waals surface area (Å²) >= 11 is 3.88. The highest BCUT2D eigenvalue weighted by Gasteiger charge is 2.28. The van der Waals surface area contributed by atoms with E-state index in [1.807, 2.05) is 0 Å². The zero-order valence-corrected chi connectivity index (χ0v) is 17.4. The number of carbonyl (C=O) groups excluding carboxylic acids is 5. The van der Waals surface area contributed by atoms with Gasteiger partial charge in [0.25, 0.3) is 0 Å². The number of nitrogens with one attached hydrogen (secondary N) is 3. The molecule has 0 aliphatic heterocycles. The summed E-state index contributed by atoms with van der Waals surface area (Å²) in [6, 6.07) is -3.64. The number of carbonyl (C=O) groups is 6. The molecular weight excluding hydrogens is 416 g/mol. The van der Waals surface area contributed by atoms with Crippen LogP contribution >= 0.6 is 12.6 Å². The molecule has 11 nitrogen and oxygen atoms in total. The average Bonchev–Trinajstić information content (AvgIpc) is 2.65. The van der Waals surface area contributed by atoms with E-state index in [4.69, 9.17) is 10.8 Å². The predicted octanol–water partition coefficient (Wildman–Crippen LogP) is -1.85. The van der Waals surface area contributed by atoms with E-state index >= 15 is 0 Å². The average molecular weight is 445 g/mol. The molecule has 0 heterocycles. The van der Waals surface area contributed by atoms with Crippen molar-refractivity contribution < 1.29 is 33.9 Å². The molecule has 1 aliphatic rings. The molecular formula is C18H28N4O7S. The van der Waals surface area contributed by atoms with Crippen molar-refractivity contribution in [3.63, 3.8) is 0 Å². The quantitative estimate of drug-likeness (QED) is 0.133. The Labute approximate surface area is 179 Å². The van der Waals surface area contributed by atoms with Crippen molar-refractivity contribution in [2.75, 3.05) is 12.3 Å². The number of ketones is 1. The van der Waals surface area contributed by atoms with E-state index in [1.165, 1.54) is 0 Å². The number of hydrogen-bond acceptors (Lipinski definition) is 8. The van der Waals surface area contributed by atoms with Gasteiger partial charge in [-0.2, -0.15) is 12.6 Å². The third kappa shape index (κ3) is 8.91. The van der Waals surface area contributed by atoms with Crippen molar-refractivity contribution in [2.45, 2.75) is 56.7 Å². The van der Waals surface area contributed by atoms with Crippen LogP contribution in [-0.2, 0) is 28.8 Å². The Morgan fingerprint density at radius 1 is 1.10 bits per heavy atom. The Morgan fingerprint density at radius 3 is 2.27 bits per heavy atom. The smallest absolute Gasteiger partial charge is 0.305 e. The highest BCUT2D eigenvalue weighted by Crippen LogP contribution is 2.28. The highest BCUT2D eigenvalue weighted by molar-refractivity contribution is 7.80. The van der Waals surface area contributed by atoms with Crippen LogP contribution in [0, 0.1) is 5.92 Å². The van der Waals surface area contributed by atoms with Gasteiger partial charge >= 0.3 is 5.97 Å². The third-order valence-corrected chi connectivity index (χ3v) is 5.11. The van der Waals surface area contributed by atoms with Gasteiger partial charge in [-0.1, -0.05) is 6.42 Å². The number of thiol groups is 1. The van der Waals surface area contributed by atoms with Crippen molar-refractivity contribution >= 4 is 48.4 Å². The van der Waals surface area contributed by atoms with Crippen LogP contribution in [0.5, 0.6) is 0 Å². The molecule has 0 unspecified atom stereocenters. The van der Waals surface area contributed by atoms with Crippen LogP contribution in [0.4, 0.5) is 0 Å². The van der Waals surface area contributed by atoms with Crippen molar-refractivity contribution in [2.24, 2.45) is 11.7 Å². The molecule has 0 saturated heterocycles. The number of rotatable bonds is 14. The van der Waals surface area contributed by atoms with Crippen LogP contribution in [-0.4, -0.2) is 71.3 Å². The Morgan fingerprint density at radius 2 is 1.77 bits per heavy atom. The van der Waals surface area contributed by atoms with E-state index in [9.17, 15) is 28.8 Å². The number of aliphatic carboxylic acids is 1. The summed E-state index contributed by atoms with van der Waals surface area (Å²) in [5, 5.41) is 15.8. The van der Waals surface area contributed by atoms with E-state index < -0.39 is 48.2 Å². The zero-order chi connectivity index (χ0) is 22.7. The maximum Gasteiger partial charge on any atom is 0.305 e. The molecule has 1 rings (SSSR count). The Balaban J connectivity index is 2.47. The number of amides is 3. The first-order valence-corrected chi connectivity index (χ1v) is 10.2. The first-order valence-electron chi connectivity index (χ1n) is 9.61. The van der Waals surface area contributed by atoms with Gasteiger partial charge in [0.05, 0.1) is 12.5 Å². The summed E-state index contributed by atoms with van der Waals surface area (Å²) in [6.45, 7) is -0.253. The number of carboxylic acids is 1. The summed E-state index contributed by atoms with van der Waals surface area (Å²) in [7, 11) is 0. The fourth-order valence-corrected chi connectivity index (χ4v) is 2.82. The molecule has 3 atom stereocenters. The van der Waals surface area contributed by atoms with Gasteiger partial charge in [0, 0.05) is 31.1 Å². The van der Waals surface area contributed by atoms with E-state index in [0.29, 0.717) is 6.29 Å². The lowest BCUT2D eigenvalue weighted by atomic mass is 9.81. The molecule has 1 fully saturated rings. The monoisotopic (exact) mass is 444 g/mol. The predicted molar refractivity (Wildman–Crippen MR) is 109 cm³/mol. The van der Waals surface area contributed by atoms with Crippen LogP contribution in [0.25, 0.3) is 0 Å². The summed E-state index contributed by atoms with van der Waals surface area (Å²) in [4.78, 5) is 69.7. The minimum atomic E-state index is -1.46. The fourth-order valence-electron chi connectivity index (χ4n) is 2.64. The molecule has 0 spiro atoms. The van der Waals surface area contributed by atoms with Crippen LogP contribution < -0.4 is 21.7 Å². The maximum absolute atomic E-state index is 12.2. The molecule has 30 heavy (non-hydrogen) atoms. The Hall–Kier alpha value is -2.47. The number of Topliss-reactive ketones (excluding diaryl/α,β-unsaturated/α-hetero) is 1. The summed E-state index contributed by atoms with van der Waals surface area (Å²) < 4.78 is 0. The normalized spacial score (nSPS) is 16.3. The summed E-state index contributed by atoms with van der Waals surface area (Å²) in [6.07, 6.45) is 2.57. The minimum Gasteiger partial charge on any atom is -0.481 e. The van der Waals surface area contributed by atoms with Gasteiger partial charge in [0.2, 0.25) is 17.7 Å². The Kier molecular flexibility index (Phi) is 11.0. The number of carboxylic acid groups (broad SMARTS) is 1. The van der Waals surface area contributed by atoms with Crippen LogP contribution in [0.2, 0.25) is 0 Å². The highest BCUT2D eigenvalue weighted by atomic mass is 32.1. The van der Waals surface area contributed by atoms with Gasteiger partial charge in [0.1, 0.15) is 24.2 Å². The first kappa shape index (κ1) is 25.6. The second kappa shape index (κ2) is 13.0. The van der Waals surface area contributed by atoms with Gasteiger partial charge in [-0.3, -0.25) is 24.0 Å². The van der Waals surface area contributed by atoms with E-state index in [0.717, 1.165) is 19.3 Å². The van der Waals surface area contributed by atoms with Gasteiger partial charge in [-0.25, -0.2) is 0 Å². The molecule has 1 aliphatic carbocycles. The van der Waals surface area contributed by atoms with E-state index in [-0.39, 0.29) is 36.8 Å². The minimum absolute atomic E-state index is 0.00221. The SMILES string of the molecule is N[C@@H](CNC(=O)CCC(=O)C1CCC1)C(=O)N[C@@H](CC(=O)O)C(=O)N[C@H](C=O)CS. The topological polar surface area (TPSA) is 185 Å². The molecule has 1 saturated carbocycles. The maximum atomic E-state index is 12.2. The van der Waals surface area contributed by atoms with E-state index in [1.54, 1.807) is 0 Å². The zero-order valence-electron chi connectivity index (χ0n) is 16.5. The number of hydrogen-bond donors (Lipinski definition) is 6. The van der Waals surface area contributed by atoms with Gasteiger partial charge in [0.15, 0.2) is 0 Å². The molecule has 6 N–H and O–H groups in total. The van der Waals surface area contributed by atoms with Crippen molar-refractivity contribution in [3.8, 4) is 0 Å². The molecule has 0 aromatic rings.